The molecule has 56 valence electrons. The summed E-state index contributed by atoms with van der Waals surface area (Å²) in [6, 6.07) is 7.22. The van der Waals surface area contributed by atoms with E-state index in [2.05, 4.69) is 21.0 Å². The quantitative estimate of drug-likeness (QED) is 0.677. The van der Waals surface area contributed by atoms with Crippen molar-refractivity contribution in [2.24, 2.45) is 0 Å². The van der Waals surface area contributed by atoms with Gasteiger partial charge in [-0.3, -0.25) is 0 Å². The normalized spacial score (nSPS) is 10.6. The summed E-state index contributed by atoms with van der Waals surface area (Å²) in [6.07, 6.45) is 0. The van der Waals surface area contributed by atoms with Crippen molar-refractivity contribution >= 4 is 21.4 Å². The van der Waals surface area contributed by atoms with Gasteiger partial charge < -0.3 is 5.11 Å². The van der Waals surface area contributed by atoms with E-state index in [1.54, 1.807) is 10.6 Å². The molecule has 2 aromatic heterocycles. The van der Waals surface area contributed by atoms with Gasteiger partial charge in [0.1, 0.15) is 4.60 Å². The first-order chi connectivity index (χ1) is 5.27. The lowest BCUT2D eigenvalue weighted by Crippen LogP contribution is -1.86. The van der Waals surface area contributed by atoms with Gasteiger partial charge in [0, 0.05) is 6.07 Å². The summed E-state index contributed by atoms with van der Waals surface area (Å²) in [5, 5.41) is 12.9. The van der Waals surface area contributed by atoms with Gasteiger partial charge in [-0.2, -0.15) is 0 Å². The number of hydrogen-bond acceptors (Lipinski definition) is 2. The van der Waals surface area contributed by atoms with Gasteiger partial charge in [-0.15, -0.1) is 5.10 Å². The molecule has 1 N–H and O–H groups in total. The predicted molar refractivity (Wildman–Crippen MR) is 44.6 cm³/mol. The lowest BCUT2D eigenvalue weighted by Gasteiger charge is -1.93. The average molecular weight is 213 g/mol. The molecule has 0 aliphatic carbocycles. The highest BCUT2D eigenvalue weighted by atomic mass is 79.9. The molecule has 2 aromatic rings. The molecule has 4 heteroatoms. The van der Waals surface area contributed by atoms with Crippen molar-refractivity contribution in [1.29, 1.82) is 0 Å². The molecule has 0 aliphatic rings. The molecule has 11 heavy (non-hydrogen) atoms. The minimum atomic E-state index is 0.0388. The Labute approximate surface area is 71.4 Å². The Hall–Kier alpha value is -1.03. The van der Waals surface area contributed by atoms with Crippen molar-refractivity contribution in [3.63, 3.8) is 0 Å². The van der Waals surface area contributed by atoms with Crippen LogP contribution >= 0.6 is 15.9 Å². The monoisotopic (exact) mass is 212 g/mol. The van der Waals surface area contributed by atoms with Crippen LogP contribution in [0.1, 0.15) is 0 Å². The van der Waals surface area contributed by atoms with Crippen LogP contribution in [0, 0.1) is 0 Å². The number of halogens is 1. The van der Waals surface area contributed by atoms with Crippen LogP contribution in [0.2, 0.25) is 0 Å². The van der Waals surface area contributed by atoms with E-state index in [0.717, 1.165) is 10.1 Å². The van der Waals surface area contributed by atoms with E-state index in [1.807, 2.05) is 18.2 Å². The van der Waals surface area contributed by atoms with Gasteiger partial charge >= 0.3 is 0 Å². The molecule has 0 spiro atoms. The Bertz CT molecular complexity index is 396. The fourth-order valence-corrected chi connectivity index (χ4v) is 1.41. The van der Waals surface area contributed by atoms with Crippen LogP contribution in [0.3, 0.4) is 0 Å². The summed E-state index contributed by atoms with van der Waals surface area (Å²) in [6.45, 7) is 0. The van der Waals surface area contributed by atoms with Gasteiger partial charge in [0.2, 0.25) is 5.88 Å². The number of nitrogens with zero attached hydrogens (tertiary/aromatic N) is 2. The molecule has 0 bridgehead atoms. The van der Waals surface area contributed by atoms with E-state index in [-0.39, 0.29) is 5.88 Å². The molecule has 3 nitrogen and oxygen atoms in total. The number of aromatic nitrogens is 2. The van der Waals surface area contributed by atoms with Gasteiger partial charge in [-0.05, 0) is 28.1 Å². The van der Waals surface area contributed by atoms with Gasteiger partial charge in [0.05, 0.1) is 5.52 Å². The number of hydrogen-bond donors (Lipinski definition) is 1. The first-order valence-electron chi connectivity index (χ1n) is 3.10. The van der Waals surface area contributed by atoms with Crippen LogP contribution in [0.5, 0.6) is 5.88 Å². The molecule has 0 radical (unpaired) electrons. The minimum absolute atomic E-state index is 0.0388. The zero-order valence-electron chi connectivity index (χ0n) is 5.53. The van der Waals surface area contributed by atoms with E-state index in [4.69, 9.17) is 5.11 Å². The van der Waals surface area contributed by atoms with Crippen LogP contribution in [-0.4, -0.2) is 14.7 Å². The molecule has 0 unspecified atom stereocenters. The molecule has 0 saturated carbocycles. The van der Waals surface area contributed by atoms with Gasteiger partial charge in [-0.25, -0.2) is 4.52 Å². The molecular weight excluding hydrogens is 208 g/mol. The highest BCUT2D eigenvalue weighted by Gasteiger charge is 2.00. The summed E-state index contributed by atoms with van der Waals surface area (Å²) in [4.78, 5) is 0. The Morgan fingerprint density at radius 1 is 1.45 bits per heavy atom. The zero-order chi connectivity index (χ0) is 7.84. The molecular formula is C7H5BrN2O. The standard InChI is InChI=1S/C7H5BrN2O/c8-6-3-1-2-5-4-7(11)9-10(5)6/h1-4H,(H,9,11). The Balaban J connectivity index is 2.90. The third-order valence-electron chi connectivity index (χ3n) is 1.43. The number of fused-ring (bicyclic) bond motifs is 1. The molecule has 0 aliphatic heterocycles. The number of aromatic hydroxyl groups is 1. The third kappa shape index (κ3) is 0.991. The highest BCUT2D eigenvalue weighted by molar-refractivity contribution is 9.10. The lowest BCUT2D eigenvalue weighted by atomic mass is 10.4. The van der Waals surface area contributed by atoms with Crippen molar-refractivity contribution in [2.45, 2.75) is 0 Å². The maximum Gasteiger partial charge on any atom is 0.231 e. The van der Waals surface area contributed by atoms with E-state index in [0.29, 0.717) is 0 Å². The summed E-state index contributed by atoms with van der Waals surface area (Å²) in [7, 11) is 0. The SMILES string of the molecule is Oc1cc2cccc(Br)n2n1. The second-order valence-electron chi connectivity index (χ2n) is 2.19. The highest BCUT2D eigenvalue weighted by Crippen LogP contribution is 2.16. The third-order valence-corrected chi connectivity index (χ3v) is 2.03. The van der Waals surface area contributed by atoms with E-state index < -0.39 is 0 Å². The summed E-state index contributed by atoms with van der Waals surface area (Å²) < 4.78 is 2.45. The summed E-state index contributed by atoms with van der Waals surface area (Å²) in [5.74, 6) is 0.0388. The van der Waals surface area contributed by atoms with E-state index >= 15 is 0 Å². The topological polar surface area (TPSA) is 37.5 Å². The van der Waals surface area contributed by atoms with Gasteiger partial charge in [0.25, 0.3) is 0 Å². The lowest BCUT2D eigenvalue weighted by molar-refractivity contribution is 0.449. The van der Waals surface area contributed by atoms with Crippen LogP contribution < -0.4 is 0 Å². The smallest absolute Gasteiger partial charge is 0.231 e. The van der Waals surface area contributed by atoms with E-state index in [9.17, 15) is 0 Å². The number of pyridine rings is 1. The van der Waals surface area contributed by atoms with Gasteiger partial charge in [0.15, 0.2) is 0 Å². The molecule has 0 saturated heterocycles. The second-order valence-corrected chi connectivity index (χ2v) is 3.00. The molecule has 2 heterocycles. The molecule has 0 fully saturated rings. The Morgan fingerprint density at radius 2 is 2.27 bits per heavy atom. The summed E-state index contributed by atoms with van der Waals surface area (Å²) >= 11 is 3.30. The zero-order valence-corrected chi connectivity index (χ0v) is 7.12. The number of rotatable bonds is 0. The van der Waals surface area contributed by atoms with Crippen LogP contribution in [0.15, 0.2) is 28.9 Å². The Kier molecular flexibility index (Phi) is 1.35. The fraction of sp³-hybridized carbons (Fsp3) is 0. The van der Waals surface area contributed by atoms with E-state index in [1.165, 1.54) is 0 Å². The van der Waals surface area contributed by atoms with Gasteiger partial charge in [-0.1, -0.05) is 6.07 Å². The Morgan fingerprint density at radius 3 is 3.00 bits per heavy atom. The molecule has 0 aromatic carbocycles. The first-order valence-corrected chi connectivity index (χ1v) is 3.90. The van der Waals surface area contributed by atoms with Crippen molar-refractivity contribution in [1.82, 2.24) is 9.61 Å². The van der Waals surface area contributed by atoms with Crippen molar-refractivity contribution in [3.05, 3.63) is 28.9 Å². The van der Waals surface area contributed by atoms with Crippen molar-refractivity contribution in [2.75, 3.05) is 0 Å². The maximum absolute atomic E-state index is 9.03. The fourth-order valence-electron chi connectivity index (χ4n) is 0.969. The molecule has 0 atom stereocenters. The maximum atomic E-state index is 9.03. The summed E-state index contributed by atoms with van der Waals surface area (Å²) in [5.41, 5.74) is 0.872. The second kappa shape index (κ2) is 2.23. The predicted octanol–water partition coefficient (Wildman–Crippen LogP) is 1.80. The average Bonchev–Trinajstić information content (AvgIpc) is 2.31. The minimum Gasteiger partial charge on any atom is -0.492 e. The van der Waals surface area contributed by atoms with Crippen molar-refractivity contribution < 1.29 is 5.11 Å². The molecule has 2 rings (SSSR count). The van der Waals surface area contributed by atoms with Crippen LogP contribution in [0.4, 0.5) is 0 Å². The van der Waals surface area contributed by atoms with Crippen LogP contribution in [0.25, 0.3) is 5.52 Å². The first kappa shape index (κ1) is 6.67. The largest absolute Gasteiger partial charge is 0.492 e. The van der Waals surface area contributed by atoms with Crippen molar-refractivity contribution in [3.8, 4) is 5.88 Å². The molecule has 0 amide bonds. The van der Waals surface area contributed by atoms with Crippen LogP contribution in [-0.2, 0) is 0 Å².